The number of hydrogen-bond donors (Lipinski definition) is 3. The van der Waals surface area contributed by atoms with Crippen LogP contribution in [-0.2, 0) is 52.8 Å². The van der Waals surface area contributed by atoms with E-state index in [1.165, 1.54) is 29.1 Å². The maximum Gasteiger partial charge on any atom is 0.324 e. The molecule has 3 N–H and O–H groups in total. The van der Waals surface area contributed by atoms with Gasteiger partial charge in [0, 0.05) is 74.7 Å². The Morgan fingerprint density at radius 1 is 1.12 bits per heavy atom. The van der Waals surface area contributed by atoms with Gasteiger partial charge in [0.15, 0.2) is 5.60 Å². The number of hydrazine groups is 1. The molecule has 6 bridgehead atoms. The van der Waals surface area contributed by atoms with Crippen LogP contribution in [-0.4, -0.2) is 123 Å². The maximum absolute atomic E-state index is 16.0. The van der Waals surface area contributed by atoms with Crippen LogP contribution in [0.4, 0.5) is 4.39 Å². The molecule has 0 radical (unpaired) electrons. The second-order valence-corrected chi connectivity index (χ2v) is 19.3. The van der Waals surface area contributed by atoms with Gasteiger partial charge in [0.1, 0.15) is 23.9 Å². The minimum absolute atomic E-state index is 0.0358. The topological polar surface area (TPSA) is 176 Å². The highest BCUT2D eigenvalue weighted by Gasteiger charge is 2.48. The van der Waals surface area contributed by atoms with Gasteiger partial charge in [-0.2, -0.15) is 0 Å². The molecule has 0 spiro atoms. The first-order chi connectivity index (χ1) is 31.8. The Morgan fingerprint density at radius 2 is 1.88 bits per heavy atom. The van der Waals surface area contributed by atoms with Crippen LogP contribution in [0, 0.1) is 17.2 Å². The van der Waals surface area contributed by atoms with E-state index in [4.69, 9.17) is 14.5 Å². The Bertz CT molecular complexity index is 2570. The van der Waals surface area contributed by atoms with E-state index >= 15 is 4.39 Å². The van der Waals surface area contributed by atoms with Gasteiger partial charge in [0.05, 0.1) is 30.6 Å². The molecular formula is C51H64FN7O8. The third-order valence-corrected chi connectivity index (χ3v) is 13.4. The van der Waals surface area contributed by atoms with Crippen LogP contribution >= 0.6 is 0 Å². The number of aromatic nitrogens is 2. The van der Waals surface area contributed by atoms with E-state index in [9.17, 15) is 29.1 Å². The van der Waals surface area contributed by atoms with Crippen LogP contribution in [0.15, 0.2) is 67.4 Å². The number of likely N-dealkylation sites (tertiary alicyclic amines) is 1. The van der Waals surface area contributed by atoms with Crippen LogP contribution < -0.4 is 10.7 Å². The number of ether oxygens (including phenoxy) is 2. The zero-order chi connectivity index (χ0) is 48.5. The van der Waals surface area contributed by atoms with Gasteiger partial charge in [-0.05, 0) is 104 Å². The fraction of sp³-hybridized carbons (Fsp3) is 0.490. The van der Waals surface area contributed by atoms with E-state index < -0.39 is 70.5 Å². The molecule has 2 aromatic heterocycles. The molecule has 7 rings (SSSR count). The number of β-amino-alcohol motifs (C(OH)–C–C–N with tert-alkyl or cyclic N) is 1. The first-order valence-electron chi connectivity index (χ1n) is 23.2. The number of likely N-dealkylation sites (N-methyl/N-ethyl adjacent to an activating group) is 1. The molecule has 3 aliphatic heterocycles. The Morgan fingerprint density at radius 3 is 2.58 bits per heavy atom. The van der Waals surface area contributed by atoms with Crippen molar-refractivity contribution in [2.75, 3.05) is 40.4 Å². The number of fused-ring (bicyclic) bond motifs is 6. The summed E-state index contributed by atoms with van der Waals surface area (Å²) in [5, 5.41) is 16.6. The van der Waals surface area contributed by atoms with E-state index in [1.54, 1.807) is 27.2 Å². The number of cyclic esters (lactones) is 1. The van der Waals surface area contributed by atoms with Crippen molar-refractivity contribution in [1.29, 1.82) is 0 Å². The molecule has 15 nitrogen and oxygen atoms in total. The van der Waals surface area contributed by atoms with Gasteiger partial charge < -0.3 is 34.3 Å². The summed E-state index contributed by atoms with van der Waals surface area (Å²) in [5.74, 6) is -3.98. The molecule has 5 atom stereocenters. The number of carbonyl (C=O) groups excluding carboxylic acids is 5. The minimum Gasteiger partial charge on any atom is -0.464 e. The molecule has 2 fully saturated rings. The van der Waals surface area contributed by atoms with E-state index in [0.717, 1.165) is 50.0 Å². The first-order valence-corrected chi connectivity index (χ1v) is 23.2. The summed E-state index contributed by atoms with van der Waals surface area (Å²) in [6.45, 7) is 15.9. The molecule has 67 heavy (non-hydrogen) atoms. The molecular weight excluding hydrogens is 858 g/mol. The van der Waals surface area contributed by atoms with Crippen molar-refractivity contribution < 1.29 is 42.9 Å². The van der Waals surface area contributed by atoms with Gasteiger partial charge in [0.25, 0.3) is 11.8 Å². The van der Waals surface area contributed by atoms with Crippen molar-refractivity contribution in [3.63, 3.8) is 0 Å². The van der Waals surface area contributed by atoms with E-state index in [2.05, 4.69) is 34.9 Å². The second-order valence-electron chi connectivity index (χ2n) is 19.3. The van der Waals surface area contributed by atoms with Crippen molar-refractivity contribution in [3.05, 3.63) is 90.0 Å². The number of nitrogens with zero attached hydrogens (tertiary/aromatic N) is 5. The number of pyridine rings is 1. The van der Waals surface area contributed by atoms with Gasteiger partial charge >= 0.3 is 5.97 Å². The summed E-state index contributed by atoms with van der Waals surface area (Å²) in [5.41, 5.74) is 6.86. The lowest BCUT2D eigenvalue weighted by Crippen LogP contribution is -2.63. The van der Waals surface area contributed by atoms with Crippen molar-refractivity contribution in [3.8, 4) is 22.4 Å². The predicted molar refractivity (Wildman–Crippen MR) is 251 cm³/mol. The highest BCUT2D eigenvalue weighted by molar-refractivity contribution is 5.97. The lowest BCUT2D eigenvalue weighted by Gasteiger charge is -2.37. The second kappa shape index (κ2) is 19.7. The van der Waals surface area contributed by atoms with Crippen LogP contribution in [0.5, 0.6) is 0 Å². The fourth-order valence-electron chi connectivity index (χ4n) is 9.97. The number of carbonyl (C=O) groups is 5. The number of aryl methyl sites for hydroxylation is 1. The molecule has 3 aliphatic rings. The monoisotopic (exact) mass is 921 g/mol. The average Bonchev–Trinajstić information content (AvgIpc) is 3.86. The molecule has 0 saturated carbocycles. The fourth-order valence-corrected chi connectivity index (χ4v) is 9.97. The molecule has 0 unspecified atom stereocenters. The Hall–Kier alpha value is -5.97. The van der Waals surface area contributed by atoms with E-state index in [0.29, 0.717) is 36.9 Å². The number of rotatable bonds is 10. The van der Waals surface area contributed by atoms with Crippen LogP contribution in [0.2, 0.25) is 0 Å². The molecule has 5 heterocycles. The lowest BCUT2D eigenvalue weighted by atomic mass is 9.84. The van der Waals surface area contributed by atoms with Gasteiger partial charge in [-0.25, -0.2) is 9.82 Å². The highest BCUT2D eigenvalue weighted by atomic mass is 19.1. The van der Waals surface area contributed by atoms with Gasteiger partial charge in [0.2, 0.25) is 11.8 Å². The molecule has 4 amide bonds. The lowest BCUT2D eigenvalue weighted by molar-refractivity contribution is -0.156. The SMILES string of the molecule is C=CC(=O)N1CC[C@@](O)(C(=O)N(C)[C@H](C(=O)N[C@H]2Cc3cc(F)cc(c3)-c3ccc4c(c3)c(c(-c3cccnc3[C@H](C)OC)n4CC)CC(C)(C)COC(=O)[C@@H]3CCCN(N3)C2=O)C(C)C)C1. The number of nitrogens with one attached hydrogen (secondary N) is 2. The maximum atomic E-state index is 16.0. The molecule has 16 heteroatoms. The summed E-state index contributed by atoms with van der Waals surface area (Å²) in [6, 6.07) is 11.2. The number of aliphatic hydroxyl groups is 1. The average molecular weight is 922 g/mol. The van der Waals surface area contributed by atoms with Crippen LogP contribution in [0.25, 0.3) is 33.3 Å². The van der Waals surface area contributed by atoms with Crippen molar-refractivity contribution in [2.24, 2.45) is 11.3 Å². The smallest absolute Gasteiger partial charge is 0.324 e. The summed E-state index contributed by atoms with van der Waals surface area (Å²) < 4.78 is 30.1. The first kappa shape index (κ1) is 48.9. The summed E-state index contributed by atoms with van der Waals surface area (Å²) in [7, 11) is 3.06. The largest absolute Gasteiger partial charge is 0.464 e. The molecule has 2 saturated heterocycles. The highest BCUT2D eigenvalue weighted by Crippen LogP contribution is 2.42. The van der Waals surface area contributed by atoms with Gasteiger partial charge in [-0.1, -0.05) is 46.4 Å². The molecule has 2 aromatic carbocycles. The Labute approximate surface area is 391 Å². The van der Waals surface area contributed by atoms with Crippen LogP contribution in [0.3, 0.4) is 0 Å². The van der Waals surface area contributed by atoms with Crippen molar-refractivity contribution in [2.45, 2.75) is 110 Å². The minimum atomic E-state index is -1.94. The number of benzene rings is 2. The number of amides is 4. The van der Waals surface area contributed by atoms with Crippen LogP contribution in [0.1, 0.15) is 83.7 Å². The standard InChI is InChI=1S/C51H64FN7O8/c1-10-42(60)57-21-18-51(65,28-57)49(64)56(8)44(30(3)4)46(61)54-40-24-32-22-34(25-35(52)23-32)33-16-17-41-37(26-33)38(45(58(41)11-2)36-14-12-19-53-43(36)31(5)66-9)27-50(6,7)29-67-48(63)39-15-13-20-59(55-39)47(40)62/h10,12,14,16-17,19,22-23,25-26,30-31,39-40,44,55,65H,1,11,13,15,18,20-21,24,27-29H2,2-9H3,(H,54,61)/t31-,39-,40-,44-,51-/m0/s1. The Kier molecular flexibility index (Phi) is 14.4. The normalized spacial score (nSPS) is 22.0. The predicted octanol–water partition coefficient (Wildman–Crippen LogP) is 5.52. The van der Waals surface area contributed by atoms with Gasteiger partial charge in [-0.15, -0.1) is 0 Å². The van der Waals surface area contributed by atoms with E-state index in [-0.39, 0.29) is 45.2 Å². The summed E-state index contributed by atoms with van der Waals surface area (Å²) >= 11 is 0. The summed E-state index contributed by atoms with van der Waals surface area (Å²) in [6.07, 6.45) is 3.73. The van der Waals surface area contributed by atoms with Crippen molar-refractivity contribution >= 4 is 40.5 Å². The third kappa shape index (κ3) is 10.0. The molecule has 4 aromatic rings. The number of halogens is 1. The quantitative estimate of drug-likeness (QED) is 0.136. The molecule has 0 aliphatic carbocycles. The third-order valence-electron chi connectivity index (χ3n) is 13.4. The number of esters is 1. The van der Waals surface area contributed by atoms with Crippen molar-refractivity contribution in [1.82, 2.24) is 35.1 Å². The Balaban J connectivity index is 1.31. The number of hydrogen-bond acceptors (Lipinski definition) is 10. The molecule has 358 valence electrons. The summed E-state index contributed by atoms with van der Waals surface area (Å²) in [4.78, 5) is 76.7. The number of methoxy groups -OCH3 is 1. The zero-order valence-corrected chi connectivity index (χ0v) is 39.9. The van der Waals surface area contributed by atoms with Gasteiger partial charge in [-0.3, -0.25) is 34.0 Å². The zero-order valence-electron chi connectivity index (χ0n) is 39.9. The van der Waals surface area contributed by atoms with E-state index in [1.807, 2.05) is 51.1 Å².